The number of benzene rings is 1. The number of ether oxygens (including phenoxy) is 1. The van der Waals surface area contributed by atoms with E-state index in [0.717, 1.165) is 43.5 Å². The number of aliphatic imine (C=N–C) groups is 1. The molecule has 4 rings (SSSR count). The van der Waals surface area contributed by atoms with Gasteiger partial charge in [-0.25, -0.2) is 0 Å². The monoisotopic (exact) mass is 286 g/mol. The summed E-state index contributed by atoms with van der Waals surface area (Å²) in [5, 5.41) is 0. The lowest BCUT2D eigenvalue weighted by Crippen LogP contribution is -2.53. The molecule has 5 heteroatoms. The van der Waals surface area contributed by atoms with Crippen LogP contribution in [0.4, 0.5) is 5.69 Å². The van der Waals surface area contributed by atoms with Crippen LogP contribution in [0.2, 0.25) is 0 Å². The smallest absolute Gasteiger partial charge is 0.196 e. The van der Waals surface area contributed by atoms with Gasteiger partial charge in [-0.3, -0.25) is 9.89 Å². The van der Waals surface area contributed by atoms with Gasteiger partial charge in [0, 0.05) is 30.9 Å². The van der Waals surface area contributed by atoms with Crippen molar-refractivity contribution < 1.29 is 4.74 Å². The third kappa shape index (κ3) is 2.07. The molecule has 1 aliphatic carbocycles. The van der Waals surface area contributed by atoms with Crippen molar-refractivity contribution in [2.24, 2.45) is 10.7 Å². The Balaban J connectivity index is 1.65. The molecule has 1 saturated carbocycles. The van der Waals surface area contributed by atoms with E-state index < -0.39 is 0 Å². The van der Waals surface area contributed by atoms with E-state index in [1.54, 1.807) is 7.11 Å². The highest BCUT2D eigenvalue weighted by Crippen LogP contribution is 2.40. The van der Waals surface area contributed by atoms with Gasteiger partial charge in [0.05, 0.1) is 19.2 Å². The molecule has 2 aliphatic heterocycles. The minimum Gasteiger partial charge on any atom is -0.497 e. The molecule has 1 aromatic carbocycles. The summed E-state index contributed by atoms with van der Waals surface area (Å²) in [7, 11) is 1.70. The predicted molar refractivity (Wildman–Crippen MR) is 83.9 cm³/mol. The number of anilines is 1. The highest BCUT2D eigenvalue weighted by Gasteiger charge is 2.50. The molecule has 2 fully saturated rings. The third-order valence-electron chi connectivity index (χ3n) is 4.98. The van der Waals surface area contributed by atoms with Crippen LogP contribution in [0.15, 0.2) is 29.3 Å². The first kappa shape index (κ1) is 13.0. The molecule has 5 nitrogen and oxygen atoms in total. The molecule has 1 atom stereocenters. The fourth-order valence-electron chi connectivity index (χ4n) is 3.72. The summed E-state index contributed by atoms with van der Waals surface area (Å²) in [6.07, 6.45) is 3.84. The first-order valence-electron chi connectivity index (χ1n) is 7.70. The quantitative estimate of drug-likeness (QED) is 0.913. The summed E-state index contributed by atoms with van der Waals surface area (Å²) in [6.45, 7) is 3.03. The Morgan fingerprint density at radius 1 is 1.38 bits per heavy atom. The molecule has 0 aromatic heterocycles. The van der Waals surface area contributed by atoms with Crippen LogP contribution >= 0.6 is 0 Å². The van der Waals surface area contributed by atoms with Crippen molar-refractivity contribution in [3.8, 4) is 5.75 Å². The Kier molecular flexibility index (Phi) is 2.85. The van der Waals surface area contributed by atoms with Crippen molar-refractivity contribution in [3.63, 3.8) is 0 Å². The van der Waals surface area contributed by atoms with Gasteiger partial charge in [0.25, 0.3) is 0 Å². The second-order valence-electron chi connectivity index (χ2n) is 6.39. The summed E-state index contributed by atoms with van der Waals surface area (Å²) in [4.78, 5) is 9.40. The van der Waals surface area contributed by atoms with Crippen molar-refractivity contribution in [2.75, 3.05) is 31.6 Å². The van der Waals surface area contributed by atoms with Gasteiger partial charge in [-0.2, -0.15) is 0 Å². The van der Waals surface area contributed by atoms with E-state index in [2.05, 4.69) is 26.9 Å². The van der Waals surface area contributed by atoms with Crippen LogP contribution in [0, 0.1) is 0 Å². The number of rotatable bonds is 3. The average molecular weight is 286 g/mol. The van der Waals surface area contributed by atoms with Crippen LogP contribution in [-0.4, -0.2) is 49.2 Å². The normalized spacial score (nSPS) is 29.2. The zero-order valence-corrected chi connectivity index (χ0v) is 12.5. The van der Waals surface area contributed by atoms with Gasteiger partial charge in [-0.05, 0) is 31.4 Å². The van der Waals surface area contributed by atoms with Gasteiger partial charge >= 0.3 is 0 Å². The van der Waals surface area contributed by atoms with E-state index in [4.69, 9.17) is 10.5 Å². The first-order chi connectivity index (χ1) is 10.2. The van der Waals surface area contributed by atoms with Gasteiger partial charge in [0.2, 0.25) is 0 Å². The molecule has 2 heterocycles. The fourth-order valence-corrected chi connectivity index (χ4v) is 3.72. The van der Waals surface area contributed by atoms with Crippen LogP contribution in [0.1, 0.15) is 19.3 Å². The van der Waals surface area contributed by atoms with Crippen molar-refractivity contribution >= 4 is 11.6 Å². The van der Waals surface area contributed by atoms with Crippen molar-refractivity contribution in [1.82, 2.24) is 4.90 Å². The Hall–Kier alpha value is -1.75. The van der Waals surface area contributed by atoms with E-state index >= 15 is 0 Å². The lowest BCUT2D eigenvalue weighted by Gasteiger charge is -2.36. The molecule has 0 bridgehead atoms. The van der Waals surface area contributed by atoms with E-state index in [0.29, 0.717) is 5.96 Å². The highest BCUT2D eigenvalue weighted by atomic mass is 16.5. The van der Waals surface area contributed by atoms with E-state index in [1.165, 1.54) is 12.8 Å². The number of nitrogens with zero attached hydrogens (tertiary/aromatic N) is 3. The number of methoxy groups -OCH3 is 1. The maximum Gasteiger partial charge on any atom is 0.196 e. The summed E-state index contributed by atoms with van der Waals surface area (Å²) >= 11 is 0. The first-order valence-corrected chi connectivity index (χ1v) is 7.70. The lowest BCUT2D eigenvalue weighted by molar-refractivity contribution is 0.306. The van der Waals surface area contributed by atoms with Crippen LogP contribution in [0.3, 0.4) is 0 Å². The zero-order chi connectivity index (χ0) is 14.4. The molecule has 21 heavy (non-hydrogen) atoms. The lowest BCUT2D eigenvalue weighted by atomic mass is 9.97. The van der Waals surface area contributed by atoms with Crippen molar-refractivity contribution in [1.29, 1.82) is 0 Å². The number of hydrogen-bond acceptors (Lipinski definition) is 5. The minimum absolute atomic E-state index is 0.0407. The summed E-state index contributed by atoms with van der Waals surface area (Å²) in [6, 6.07) is 8.93. The molecule has 1 aromatic rings. The average Bonchev–Trinajstić information content (AvgIpc) is 3.20. The molecule has 3 aliphatic rings. The minimum atomic E-state index is 0.0407. The fraction of sp³-hybridized carbons (Fsp3) is 0.562. The Bertz CT molecular complexity index is 583. The second-order valence-corrected chi connectivity index (χ2v) is 6.39. The molecule has 0 amide bonds. The largest absolute Gasteiger partial charge is 0.497 e. The SMILES string of the molecule is COc1cccc(N2C(N)=NCC23CCN(C2CC2)C3)c1. The second kappa shape index (κ2) is 4.63. The topological polar surface area (TPSA) is 54.1 Å². The molecule has 2 N–H and O–H groups in total. The van der Waals surface area contributed by atoms with Gasteiger partial charge < -0.3 is 15.4 Å². The third-order valence-corrected chi connectivity index (χ3v) is 4.98. The molecule has 1 saturated heterocycles. The Labute approximate surface area is 125 Å². The standard InChI is InChI=1S/C16H22N4O/c1-21-14-4-2-3-13(9-14)20-15(17)18-10-16(20)7-8-19(11-16)12-5-6-12/h2-4,9,12H,5-8,10-11H2,1H3,(H2,17,18). The number of hydrogen-bond donors (Lipinski definition) is 1. The van der Waals surface area contributed by atoms with Crippen molar-refractivity contribution in [2.45, 2.75) is 30.8 Å². The van der Waals surface area contributed by atoms with Crippen LogP contribution < -0.4 is 15.4 Å². The highest BCUT2D eigenvalue weighted by molar-refractivity contribution is 5.98. The summed E-state index contributed by atoms with van der Waals surface area (Å²) in [5.41, 5.74) is 7.34. The number of likely N-dealkylation sites (tertiary alicyclic amines) is 1. The molecule has 1 spiro atoms. The van der Waals surface area contributed by atoms with Gasteiger partial charge in [0.15, 0.2) is 5.96 Å². The molecule has 0 radical (unpaired) electrons. The molecular weight excluding hydrogens is 264 g/mol. The molecule has 1 unspecified atom stereocenters. The molecule has 112 valence electrons. The Morgan fingerprint density at radius 2 is 2.24 bits per heavy atom. The molecular formula is C16H22N4O. The van der Waals surface area contributed by atoms with Crippen LogP contribution in [0.25, 0.3) is 0 Å². The summed E-state index contributed by atoms with van der Waals surface area (Å²) in [5.74, 6) is 1.50. The predicted octanol–water partition coefficient (Wildman–Crippen LogP) is 1.44. The maximum absolute atomic E-state index is 6.21. The van der Waals surface area contributed by atoms with E-state index in [9.17, 15) is 0 Å². The van der Waals surface area contributed by atoms with Crippen LogP contribution in [0.5, 0.6) is 5.75 Å². The van der Waals surface area contributed by atoms with E-state index in [1.807, 2.05) is 12.1 Å². The van der Waals surface area contributed by atoms with Crippen LogP contribution in [-0.2, 0) is 0 Å². The van der Waals surface area contributed by atoms with Crippen molar-refractivity contribution in [3.05, 3.63) is 24.3 Å². The van der Waals surface area contributed by atoms with Gasteiger partial charge in [-0.15, -0.1) is 0 Å². The van der Waals surface area contributed by atoms with Gasteiger partial charge in [0.1, 0.15) is 5.75 Å². The zero-order valence-electron chi connectivity index (χ0n) is 12.5. The number of guanidine groups is 1. The number of nitrogens with two attached hydrogens (primary N) is 1. The maximum atomic E-state index is 6.21. The van der Waals surface area contributed by atoms with Gasteiger partial charge in [-0.1, -0.05) is 6.07 Å². The summed E-state index contributed by atoms with van der Waals surface area (Å²) < 4.78 is 5.35. The van der Waals surface area contributed by atoms with E-state index in [-0.39, 0.29) is 5.54 Å². The Morgan fingerprint density at radius 3 is 3.00 bits per heavy atom.